The molecule has 1 saturated heterocycles. The topological polar surface area (TPSA) is 70.2 Å². The molecule has 0 radical (unpaired) electrons. The zero-order valence-corrected chi connectivity index (χ0v) is 13.7. The van der Waals surface area contributed by atoms with Crippen LogP contribution in [0.5, 0.6) is 5.88 Å². The lowest BCUT2D eigenvalue weighted by atomic mass is 10.2. The zero-order chi connectivity index (χ0) is 15.4. The molecule has 2 rings (SSSR count). The Morgan fingerprint density at radius 3 is 3.10 bits per heavy atom. The van der Waals surface area contributed by atoms with Crippen LogP contribution >= 0.6 is 23.8 Å². The quantitative estimate of drug-likeness (QED) is 0.808. The van der Waals surface area contributed by atoms with Crippen molar-refractivity contribution >= 4 is 29.7 Å². The van der Waals surface area contributed by atoms with Gasteiger partial charge in [-0.3, -0.25) is 9.69 Å². The Hall–Kier alpha value is -1.18. The number of likely N-dealkylation sites (N-methyl/N-ethyl adjacent to an activating group) is 1. The molecular weight excluding hydrogens is 312 g/mol. The van der Waals surface area contributed by atoms with Gasteiger partial charge in [0.1, 0.15) is 4.64 Å². The van der Waals surface area contributed by atoms with E-state index in [4.69, 9.17) is 28.6 Å². The third kappa shape index (κ3) is 3.72. The molecule has 2 N–H and O–H groups in total. The fraction of sp³-hybridized carbons (Fsp3) is 0.615. The van der Waals surface area contributed by atoms with Crippen LogP contribution in [0.15, 0.2) is 0 Å². The van der Waals surface area contributed by atoms with Gasteiger partial charge in [0.25, 0.3) is 5.91 Å². The molecule has 6 nitrogen and oxygen atoms in total. The number of ether oxygens (including phenoxy) is 1. The highest BCUT2D eigenvalue weighted by molar-refractivity contribution is 7.71. The maximum atomic E-state index is 12.3. The summed E-state index contributed by atoms with van der Waals surface area (Å²) >= 11 is 10.8. The predicted octanol–water partition coefficient (Wildman–Crippen LogP) is 2.02. The highest BCUT2D eigenvalue weighted by atomic mass is 35.5. The molecule has 1 aromatic heterocycles. The molecule has 1 aliphatic heterocycles. The van der Waals surface area contributed by atoms with Gasteiger partial charge in [-0.15, -0.1) is 0 Å². The van der Waals surface area contributed by atoms with Crippen LogP contribution in [0.2, 0.25) is 5.15 Å². The number of nitrogens with zero attached hydrogens (tertiary/aromatic N) is 2. The van der Waals surface area contributed by atoms with E-state index in [1.54, 1.807) is 0 Å². The van der Waals surface area contributed by atoms with E-state index in [9.17, 15) is 4.79 Å². The summed E-state index contributed by atoms with van der Waals surface area (Å²) < 4.78 is 5.35. The lowest BCUT2D eigenvalue weighted by molar-refractivity contribution is 0.0932. The smallest absolute Gasteiger partial charge is 0.275 e. The minimum absolute atomic E-state index is 0.0898. The Balaban J connectivity index is 2.06. The molecule has 0 bridgehead atoms. The van der Waals surface area contributed by atoms with Crippen molar-refractivity contribution in [2.45, 2.75) is 25.8 Å². The fourth-order valence-corrected chi connectivity index (χ4v) is 2.82. The second-order valence-electron chi connectivity index (χ2n) is 4.87. The summed E-state index contributed by atoms with van der Waals surface area (Å²) in [4.78, 5) is 21.4. The van der Waals surface area contributed by atoms with Crippen molar-refractivity contribution in [2.24, 2.45) is 0 Å². The largest absolute Gasteiger partial charge is 0.481 e. The normalized spacial score (nSPS) is 18.7. The van der Waals surface area contributed by atoms with Crippen molar-refractivity contribution in [1.82, 2.24) is 20.2 Å². The van der Waals surface area contributed by atoms with Gasteiger partial charge in [-0.1, -0.05) is 30.7 Å². The van der Waals surface area contributed by atoms with E-state index >= 15 is 0 Å². The van der Waals surface area contributed by atoms with E-state index in [0.717, 1.165) is 19.5 Å². The van der Waals surface area contributed by atoms with Gasteiger partial charge in [-0.25, -0.2) is 4.98 Å². The molecular formula is C13H19ClN4O2S. The molecule has 1 atom stereocenters. The van der Waals surface area contributed by atoms with Crippen LogP contribution in [0.1, 0.15) is 30.3 Å². The van der Waals surface area contributed by atoms with E-state index in [1.807, 2.05) is 0 Å². The van der Waals surface area contributed by atoms with Crippen LogP contribution < -0.4 is 10.1 Å². The molecule has 1 unspecified atom stereocenters. The van der Waals surface area contributed by atoms with Crippen LogP contribution in [0.4, 0.5) is 0 Å². The van der Waals surface area contributed by atoms with Gasteiger partial charge in [-0.2, -0.15) is 0 Å². The maximum absolute atomic E-state index is 12.3. The molecule has 0 aromatic carbocycles. The van der Waals surface area contributed by atoms with E-state index < -0.39 is 0 Å². The van der Waals surface area contributed by atoms with Crippen LogP contribution in [0.25, 0.3) is 0 Å². The summed E-state index contributed by atoms with van der Waals surface area (Å²) in [6.45, 7) is 4.79. The molecule has 0 aliphatic carbocycles. The summed E-state index contributed by atoms with van der Waals surface area (Å²) in [5.41, 5.74) is 0.122. The Kier molecular flexibility index (Phi) is 5.55. The third-order valence-corrected chi connectivity index (χ3v) is 4.34. The maximum Gasteiger partial charge on any atom is 0.275 e. The summed E-state index contributed by atoms with van der Waals surface area (Å²) in [6, 6.07) is 0.377. The molecule has 8 heteroatoms. The number of nitrogens with one attached hydrogen (secondary N) is 2. The van der Waals surface area contributed by atoms with Crippen LogP contribution in [-0.4, -0.2) is 53.6 Å². The number of aromatic amines is 1. The van der Waals surface area contributed by atoms with Gasteiger partial charge in [0.2, 0.25) is 5.88 Å². The standard InChI is InChI=1S/C13H19ClN4O2S/c1-3-18-6-4-5-8(18)7-15-11(19)9-12(20-2)17-13(21)10(14)16-9/h8H,3-7H2,1-2H3,(H,15,19)(H,17,21). The molecule has 21 heavy (non-hydrogen) atoms. The zero-order valence-electron chi connectivity index (χ0n) is 12.1. The number of hydrogen-bond acceptors (Lipinski definition) is 5. The van der Waals surface area contributed by atoms with Gasteiger partial charge < -0.3 is 15.0 Å². The number of likely N-dealkylation sites (tertiary alicyclic amines) is 1. The minimum atomic E-state index is -0.317. The Labute approximate surface area is 133 Å². The number of carbonyl (C=O) groups excluding carboxylic acids is 1. The molecule has 1 aromatic rings. The van der Waals surface area contributed by atoms with Crippen molar-refractivity contribution in [3.05, 3.63) is 15.5 Å². The second kappa shape index (κ2) is 7.20. The molecule has 1 aliphatic rings. The average molecular weight is 331 g/mol. The van der Waals surface area contributed by atoms with Crippen LogP contribution in [-0.2, 0) is 0 Å². The Morgan fingerprint density at radius 1 is 1.67 bits per heavy atom. The molecule has 1 fully saturated rings. The molecule has 0 saturated carbocycles. The lowest BCUT2D eigenvalue weighted by Gasteiger charge is -2.22. The lowest BCUT2D eigenvalue weighted by Crippen LogP contribution is -2.40. The molecule has 2 heterocycles. The number of methoxy groups -OCH3 is 1. The average Bonchev–Trinajstić information content (AvgIpc) is 2.94. The SMILES string of the molecule is CCN1CCCC1CNC(=O)c1nc(Cl)c(=S)[nH]c1OC. The number of amides is 1. The van der Waals surface area contributed by atoms with Crippen LogP contribution in [0, 0.1) is 4.64 Å². The Morgan fingerprint density at radius 2 is 2.43 bits per heavy atom. The Bertz CT molecular complexity index is 578. The number of carbonyl (C=O) groups is 1. The molecule has 0 spiro atoms. The van der Waals surface area contributed by atoms with Crippen molar-refractivity contribution in [3.63, 3.8) is 0 Å². The van der Waals surface area contributed by atoms with Gasteiger partial charge in [0, 0.05) is 12.6 Å². The number of H-pyrrole nitrogens is 1. The van der Waals surface area contributed by atoms with Gasteiger partial charge in [0.15, 0.2) is 10.8 Å². The molecule has 116 valence electrons. The van der Waals surface area contributed by atoms with Gasteiger partial charge in [0.05, 0.1) is 7.11 Å². The van der Waals surface area contributed by atoms with Crippen molar-refractivity contribution in [2.75, 3.05) is 26.7 Å². The van der Waals surface area contributed by atoms with Gasteiger partial charge in [-0.05, 0) is 25.9 Å². The van der Waals surface area contributed by atoms with Crippen molar-refractivity contribution in [3.8, 4) is 5.88 Å². The number of aromatic nitrogens is 2. The first-order valence-electron chi connectivity index (χ1n) is 6.92. The minimum Gasteiger partial charge on any atom is -0.481 e. The highest BCUT2D eigenvalue weighted by Gasteiger charge is 2.24. The highest BCUT2D eigenvalue weighted by Crippen LogP contribution is 2.18. The predicted molar refractivity (Wildman–Crippen MR) is 83.6 cm³/mol. The first-order chi connectivity index (χ1) is 10.1. The van der Waals surface area contributed by atoms with Crippen molar-refractivity contribution < 1.29 is 9.53 Å². The summed E-state index contributed by atoms with van der Waals surface area (Å²) in [5.74, 6) is -0.0939. The van der Waals surface area contributed by atoms with E-state index in [1.165, 1.54) is 13.5 Å². The first-order valence-corrected chi connectivity index (χ1v) is 7.71. The molecule has 1 amide bonds. The second-order valence-corrected chi connectivity index (χ2v) is 5.64. The summed E-state index contributed by atoms with van der Waals surface area (Å²) in [7, 11) is 1.45. The third-order valence-electron chi connectivity index (χ3n) is 3.66. The van der Waals surface area contributed by atoms with Gasteiger partial charge >= 0.3 is 0 Å². The first kappa shape index (κ1) is 16.2. The number of hydrogen-bond donors (Lipinski definition) is 2. The monoisotopic (exact) mass is 330 g/mol. The summed E-state index contributed by atoms with van der Waals surface area (Å²) in [5, 5.41) is 2.98. The number of halogens is 1. The summed E-state index contributed by atoms with van der Waals surface area (Å²) in [6.07, 6.45) is 2.26. The van der Waals surface area contributed by atoms with E-state index in [2.05, 4.69) is 27.1 Å². The fourth-order valence-electron chi connectivity index (χ4n) is 2.55. The van der Waals surface area contributed by atoms with Crippen LogP contribution in [0.3, 0.4) is 0 Å². The van der Waals surface area contributed by atoms with E-state index in [0.29, 0.717) is 12.6 Å². The van der Waals surface area contributed by atoms with Crippen molar-refractivity contribution in [1.29, 1.82) is 0 Å². The number of rotatable bonds is 5. The van der Waals surface area contributed by atoms with E-state index in [-0.39, 0.29) is 27.3 Å².